The number of rotatable bonds is 6. The van der Waals surface area contributed by atoms with Crippen molar-refractivity contribution >= 4 is 23.3 Å². The van der Waals surface area contributed by atoms with Gasteiger partial charge in [-0.3, -0.25) is 4.79 Å². The van der Waals surface area contributed by atoms with E-state index in [4.69, 9.17) is 0 Å². The van der Waals surface area contributed by atoms with Gasteiger partial charge >= 0.3 is 6.03 Å². The van der Waals surface area contributed by atoms with Crippen LogP contribution in [0.4, 0.5) is 16.2 Å². The maximum absolute atomic E-state index is 12.2. The molecule has 3 rings (SSSR count). The standard InChI is InChI=1S/C21H26N4O2/c26-20(23-14-12-16-5-4-13-22-15-16)17-8-10-19(11-9-17)25-21(27)24-18-6-2-1-3-7-18/h1-3,6-11,16,22H,4-5,12-15H2,(H,23,26)(H2,24,25,27). The third-order valence-corrected chi connectivity index (χ3v) is 4.67. The average Bonchev–Trinajstić information content (AvgIpc) is 2.70. The van der Waals surface area contributed by atoms with Crippen molar-refractivity contribution in [3.8, 4) is 0 Å². The molecule has 0 bridgehead atoms. The SMILES string of the molecule is O=C(Nc1ccccc1)Nc1ccc(C(=O)NCCC2CCCNC2)cc1. The van der Waals surface area contributed by atoms with Gasteiger partial charge in [0, 0.05) is 23.5 Å². The van der Waals surface area contributed by atoms with Crippen LogP contribution in [0, 0.1) is 5.92 Å². The zero-order valence-corrected chi connectivity index (χ0v) is 15.3. The summed E-state index contributed by atoms with van der Waals surface area (Å²) in [4.78, 5) is 24.2. The van der Waals surface area contributed by atoms with Crippen molar-refractivity contribution in [2.24, 2.45) is 5.92 Å². The van der Waals surface area contributed by atoms with Crippen molar-refractivity contribution in [1.82, 2.24) is 10.6 Å². The van der Waals surface area contributed by atoms with Crippen LogP contribution >= 0.6 is 0 Å². The fraction of sp³-hybridized carbons (Fsp3) is 0.333. The molecule has 0 radical (unpaired) electrons. The van der Waals surface area contributed by atoms with E-state index in [1.54, 1.807) is 24.3 Å². The van der Waals surface area contributed by atoms with Crippen LogP contribution < -0.4 is 21.3 Å². The van der Waals surface area contributed by atoms with Gasteiger partial charge in [-0.25, -0.2) is 4.79 Å². The van der Waals surface area contributed by atoms with Crippen LogP contribution in [0.2, 0.25) is 0 Å². The quantitative estimate of drug-likeness (QED) is 0.632. The number of para-hydroxylation sites is 1. The molecule has 2 aromatic rings. The number of hydrogen-bond donors (Lipinski definition) is 4. The molecule has 1 aliphatic heterocycles. The van der Waals surface area contributed by atoms with Crippen LogP contribution in [0.25, 0.3) is 0 Å². The van der Waals surface area contributed by atoms with Gasteiger partial charge in [-0.15, -0.1) is 0 Å². The minimum absolute atomic E-state index is 0.0842. The number of carbonyl (C=O) groups excluding carboxylic acids is 2. The van der Waals surface area contributed by atoms with E-state index in [0.717, 1.165) is 25.2 Å². The van der Waals surface area contributed by atoms with E-state index >= 15 is 0 Å². The highest BCUT2D eigenvalue weighted by Crippen LogP contribution is 2.14. The molecule has 142 valence electrons. The van der Waals surface area contributed by atoms with Crippen LogP contribution in [0.3, 0.4) is 0 Å². The molecule has 1 heterocycles. The topological polar surface area (TPSA) is 82.3 Å². The number of anilines is 2. The highest BCUT2D eigenvalue weighted by Gasteiger charge is 2.13. The van der Waals surface area contributed by atoms with Crippen molar-refractivity contribution in [2.45, 2.75) is 19.3 Å². The normalized spacial score (nSPS) is 16.4. The molecule has 1 aliphatic rings. The van der Waals surface area contributed by atoms with Crippen LogP contribution in [0.1, 0.15) is 29.6 Å². The summed E-state index contributed by atoms with van der Waals surface area (Å²) in [6.07, 6.45) is 3.44. The molecule has 1 atom stereocenters. The Morgan fingerprint density at radius 2 is 1.67 bits per heavy atom. The van der Waals surface area contributed by atoms with Crippen LogP contribution in [-0.4, -0.2) is 31.6 Å². The molecular formula is C21H26N4O2. The van der Waals surface area contributed by atoms with Crippen molar-refractivity contribution in [2.75, 3.05) is 30.3 Å². The van der Waals surface area contributed by atoms with Gasteiger partial charge in [0.05, 0.1) is 0 Å². The summed E-state index contributed by atoms with van der Waals surface area (Å²) < 4.78 is 0. The lowest BCUT2D eigenvalue weighted by molar-refractivity contribution is 0.0950. The highest BCUT2D eigenvalue weighted by atomic mass is 16.2. The van der Waals surface area contributed by atoms with Gasteiger partial charge in [-0.2, -0.15) is 0 Å². The summed E-state index contributed by atoms with van der Waals surface area (Å²) in [7, 11) is 0. The lowest BCUT2D eigenvalue weighted by Crippen LogP contribution is -2.33. The first-order valence-electron chi connectivity index (χ1n) is 9.43. The molecule has 3 amide bonds. The van der Waals surface area contributed by atoms with E-state index < -0.39 is 0 Å². The summed E-state index contributed by atoms with van der Waals surface area (Å²) >= 11 is 0. The van der Waals surface area contributed by atoms with Crippen molar-refractivity contribution in [3.63, 3.8) is 0 Å². The number of nitrogens with one attached hydrogen (secondary N) is 4. The Morgan fingerprint density at radius 3 is 2.33 bits per heavy atom. The first-order valence-corrected chi connectivity index (χ1v) is 9.43. The van der Waals surface area contributed by atoms with E-state index in [9.17, 15) is 9.59 Å². The molecule has 6 nitrogen and oxygen atoms in total. The molecule has 1 fully saturated rings. The number of piperidine rings is 1. The van der Waals surface area contributed by atoms with Gasteiger partial charge in [-0.05, 0) is 74.7 Å². The molecule has 0 spiro atoms. The van der Waals surface area contributed by atoms with Crippen LogP contribution in [0.5, 0.6) is 0 Å². The lowest BCUT2D eigenvalue weighted by Gasteiger charge is -2.22. The third-order valence-electron chi connectivity index (χ3n) is 4.67. The van der Waals surface area contributed by atoms with Gasteiger partial charge in [0.2, 0.25) is 0 Å². The van der Waals surface area contributed by atoms with Gasteiger partial charge in [0.25, 0.3) is 5.91 Å². The summed E-state index contributed by atoms with van der Waals surface area (Å²) in [5.74, 6) is 0.563. The number of amides is 3. The number of urea groups is 1. The minimum Gasteiger partial charge on any atom is -0.352 e. The lowest BCUT2D eigenvalue weighted by atomic mass is 9.96. The maximum Gasteiger partial charge on any atom is 0.323 e. The molecule has 0 aromatic heterocycles. The van der Waals surface area contributed by atoms with E-state index in [2.05, 4.69) is 21.3 Å². The zero-order valence-electron chi connectivity index (χ0n) is 15.3. The van der Waals surface area contributed by atoms with Gasteiger partial charge < -0.3 is 21.3 Å². The molecule has 6 heteroatoms. The van der Waals surface area contributed by atoms with E-state index in [1.165, 1.54) is 12.8 Å². The molecule has 27 heavy (non-hydrogen) atoms. The Morgan fingerprint density at radius 1 is 0.963 bits per heavy atom. The van der Waals surface area contributed by atoms with Gasteiger partial charge in [-0.1, -0.05) is 18.2 Å². The monoisotopic (exact) mass is 366 g/mol. The third kappa shape index (κ3) is 6.11. The average molecular weight is 366 g/mol. The summed E-state index contributed by atoms with van der Waals surface area (Å²) in [5.41, 5.74) is 1.94. The Hall–Kier alpha value is -2.86. The number of carbonyl (C=O) groups is 2. The van der Waals surface area contributed by atoms with E-state index in [0.29, 0.717) is 23.7 Å². The summed E-state index contributed by atoms with van der Waals surface area (Å²) in [6.45, 7) is 2.83. The predicted octanol–water partition coefficient (Wildman–Crippen LogP) is 3.45. The summed E-state index contributed by atoms with van der Waals surface area (Å²) in [6, 6.07) is 15.8. The molecule has 2 aromatic carbocycles. The Kier molecular flexibility index (Phi) is 6.82. The van der Waals surface area contributed by atoms with Gasteiger partial charge in [0.15, 0.2) is 0 Å². The Bertz CT molecular complexity index is 741. The number of benzene rings is 2. The summed E-state index contributed by atoms with van der Waals surface area (Å²) in [5, 5.41) is 11.9. The van der Waals surface area contributed by atoms with Crippen molar-refractivity contribution < 1.29 is 9.59 Å². The molecule has 1 unspecified atom stereocenters. The second kappa shape index (κ2) is 9.73. The smallest absolute Gasteiger partial charge is 0.323 e. The second-order valence-electron chi connectivity index (χ2n) is 6.78. The fourth-order valence-electron chi connectivity index (χ4n) is 3.18. The molecule has 4 N–H and O–H groups in total. The van der Waals surface area contributed by atoms with Crippen molar-refractivity contribution in [1.29, 1.82) is 0 Å². The van der Waals surface area contributed by atoms with Gasteiger partial charge in [0.1, 0.15) is 0 Å². The first-order chi connectivity index (χ1) is 13.2. The maximum atomic E-state index is 12.2. The fourth-order valence-corrected chi connectivity index (χ4v) is 3.18. The van der Waals surface area contributed by atoms with Crippen LogP contribution in [0.15, 0.2) is 54.6 Å². The molecule has 0 saturated carbocycles. The molecule has 0 aliphatic carbocycles. The van der Waals surface area contributed by atoms with E-state index in [-0.39, 0.29) is 11.9 Å². The Labute approximate surface area is 159 Å². The van der Waals surface area contributed by atoms with E-state index in [1.807, 2.05) is 30.3 Å². The zero-order chi connectivity index (χ0) is 18.9. The van der Waals surface area contributed by atoms with Crippen molar-refractivity contribution in [3.05, 3.63) is 60.2 Å². The predicted molar refractivity (Wildman–Crippen MR) is 108 cm³/mol. The largest absolute Gasteiger partial charge is 0.352 e. The van der Waals surface area contributed by atoms with Crippen LogP contribution in [-0.2, 0) is 0 Å². The second-order valence-corrected chi connectivity index (χ2v) is 6.78. The molecule has 1 saturated heterocycles. The first kappa shape index (κ1) is 18.9. The highest BCUT2D eigenvalue weighted by molar-refractivity contribution is 6.00. The Balaban J connectivity index is 1.43. The number of hydrogen-bond acceptors (Lipinski definition) is 3. The molecular weight excluding hydrogens is 340 g/mol. The minimum atomic E-state index is -0.320.